The van der Waals surface area contributed by atoms with Gasteiger partial charge in [-0.3, -0.25) is 9.59 Å². The van der Waals surface area contributed by atoms with Gasteiger partial charge in [0.2, 0.25) is 15.9 Å². The quantitative estimate of drug-likeness (QED) is 0.560. The molecule has 3 N–H and O–H groups in total. The lowest BCUT2D eigenvalue weighted by Gasteiger charge is -2.11. The second-order valence-corrected chi connectivity index (χ2v) is 7.68. The fourth-order valence-electron chi connectivity index (χ4n) is 2.46. The zero-order chi connectivity index (χ0) is 20.6. The fourth-order valence-corrected chi connectivity index (χ4v) is 3.51. The van der Waals surface area contributed by atoms with E-state index >= 15 is 0 Å². The zero-order valence-corrected chi connectivity index (χ0v) is 16.4. The molecule has 0 unspecified atom stereocenters. The van der Waals surface area contributed by atoms with Gasteiger partial charge in [-0.25, -0.2) is 13.1 Å². The number of benzene rings is 2. The van der Waals surface area contributed by atoms with E-state index in [-0.39, 0.29) is 29.5 Å². The number of carbonyl (C=O) groups is 2. The van der Waals surface area contributed by atoms with Crippen molar-refractivity contribution < 1.29 is 18.0 Å². The number of anilines is 1. The highest BCUT2D eigenvalue weighted by atomic mass is 32.2. The highest BCUT2D eigenvalue weighted by Crippen LogP contribution is 2.15. The molecule has 0 aromatic heterocycles. The monoisotopic (exact) mass is 401 g/mol. The molecule has 2 amide bonds. The number of carbonyl (C=O) groups excluding carboxylic acids is 2. The summed E-state index contributed by atoms with van der Waals surface area (Å²) in [5.41, 5.74) is 1.83. The maximum atomic E-state index is 12.3. The second-order valence-electron chi connectivity index (χ2n) is 5.91. The lowest BCUT2D eigenvalue weighted by atomic mass is 10.1. The molecule has 2 aromatic rings. The Morgan fingerprint density at radius 1 is 1.11 bits per heavy atom. The number of amides is 2. The largest absolute Gasteiger partial charge is 0.343 e. The number of hydrogen-bond acceptors (Lipinski definition) is 4. The summed E-state index contributed by atoms with van der Waals surface area (Å²) >= 11 is 0. The third kappa shape index (κ3) is 5.77. The van der Waals surface area contributed by atoms with E-state index in [1.54, 1.807) is 6.07 Å². The molecule has 0 spiro atoms. The van der Waals surface area contributed by atoms with Crippen LogP contribution in [-0.2, 0) is 21.2 Å². The van der Waals surface area contributed by atoms with Crippen LogP contribution in [-0.4, -0.2) is 33.3 Å². The highest BCUT2D eigenvalue weighted by Gasteiger charge is 2.16. The Bertz CT molecular complexity index is 971. The highest BCUT2D eigenvalue weighted by molar-refractivity contribution is 7.89. The standard InChI is InChI=1S/C20H23N3O4S/c1-3-12-22-28(26,27)17-10-7-9-16(13-17)20(25)21-14-19(24)23-18-11-6-5-8-15(18)4-2/h3,5-11,13,22H,1,4,12,14H2,2H3,(H,21,25)(H,23,24). The summed E-state index contributed by atoms with van der Waals surface area (Å²) < 4.78 is 26.6. The Hall–Kier alpha value is -2.97. The molecule has 0 saturated carbocycles. The van der Waals surface area contributed by atoms with Gasteiger partial charge in [-0.1, -0.05) is 37.3 Å². The average molecular weight is 401 g/mol. The van der Waals surface area contributed by atoms with Crippen molar-refractivity contribution in [3.8, 4) is 0 Å². The van der Waals surface area contributed by atoms with Gasteiger partial charge in [0.05, 0.1) is 11.4 Å². The summed E-state index contributed by atoms with van der Waals surface area (Å²) in [6.45, 7) is 5.29. The van der Waals surface area contributed by atoms with Crippen molar-refractivity contribution in [3.05, 3.63) is 72.3 Å². The molecule has 0 fully saturated rings. The molecule has 2 aromatic carbocycles. The molecule has 0 aliphatic carbocycles. The number of para-hydroxylation sites is 1. The first-order valence-electron chi connectivity index (χ1n) is 8.74. The van der Waals surface area contributed by atoms with Gasteiger partial charge >= 0.3 is 0 Å². The minimum atomic E-state index is -3.74. The van der Waals surface area contributed by atoms with Crippen LogP contribution < -0.4 is 15.4 Å². The van der Waals surface area contributed by atoms with E-state index in [0.717, 1.165) is 12.0 Å². The molecular weight excluding hydrogens is 378 g/mol. The Morgan fingerprint density at radius 3 is 2.57 bits per heavy atom. The fraction of sp³-hybridized carbons (Fsp3) is 0.200. The van der Waals surface area contributed by atoms with E-state index in [2.05, 4.69) is 21.9 Å². The van der Waals surface area contributed by atoms with Gasteiger partial charge < -0.3 is 10.6 Å². The molecule has 0 atom stereocenters. The lowest BCUT2D eigenvalue weighted by molar-refractivity contribution is -0.115. The van der Waals surface area contributed by atoms with Crippen LogP contribution in [0.15, 0.2) is 66.1 Å². The first-order valence-corrected chi connectivity index (χ1v) is 10.2. The topological polar surface area (TPSA) is 104 Å². The lowest BCUT2D eigenvalue weighted by Crippen LogP contribution is -2.33. The molecule has 0 aliphatic rings. The number of nitrogens with one attached hydrogen (secondary N) is 3. The maximum Gasteiger partial charge on any atom is 0.251 e. The molecule has 8 heteroatoms. The van der Waals surface area contributed by atoms with Gasteiger partial charge in [-0.05, 0) is 36.2 Å². The molecule has 28 heavy (non-hydrogen) atoms. The van der Waals surface area contributed by atoms with Crippen LogP contribution in [0.25, 0.3) is 0 Å². The van der Waals surface area contributed by atoms with E-state index in [9.17, 15) is 18.0 Å². The predicted octanol–water partition coefficient (Wildman–Crippen LogP) is 2.08. The van der Waals surface area contributed by atoms with Gasteiger partial charge in [-0.2, -0.15) is 0 Å². The third-order valence-corrected chi connectivity index (χ3v) is 5.33. The van der Waals surface area contributed by atoms with Crippen molar-refractivity contribution in [1.29, 1.82) is 0 Å². The summed E-state index contributed by atoms with van der Waals surface area (Å²) in [4.78, 5) is 24.4. The van der Waals surface area contributed by atoms with Crippen LogP contribution in [0.5, 0.6) is 0 Å². The maximum absolute atomic E-state index is 12.3. The Morgan fingerprint density at radius 2 is 1.86 bits per heavy atom. The molecule has 0 bridgehead atoms. The van der Waals surface area contributed by atoms with E-state index in [1.807, 2.05) is 25.1 Å². The average Bonchev–Trinajstić information content (AvgIpc) is 2.71. The molecule has 0 heterocycles. The van der Waals surface area contributed by atoms with Gasteiger partial charge in [-0.15, -0.1) is 6.58 Å². The van der Waals surface area contributed by atoms with Crippen molar-refractivity contribution in [2.24, 2.45) is 0 Å². The minimum absolute atomic E-state index is 0.0386. The van der Waals surface area contributed by atoms with Crippen molar-refractivity contribution in [1.82, 2.24) is 10.0 Å². The molecule has 0 saturated heterocycles. The molecule has 148 valence electrons. The number of rotatable bonds is 9. The molecule has 2 rings (SSSR count). The summed E-state index contributed by atoms with van der Waals surface area (Å²) in [6.07, 6.45) is 2.19. The number of aryl methyl sites for hydroxylation is 1. The minimum Gasteiger partial charge on any atom is -0.343 e. The number of hydrogen-bond donors (Lipinski definition) is 3. The molecular formula is C20H23N3O4S. The van der Waals surface area contributed by atoms with Crippen LogP contribution in [0.3, 0.4) is 0 Å². The Kier molecular flexibility index (Phi) is 7.48. The van der Waals surface area contributed by atoms with Crippen LogP contribution in [0.2, 0.25) is 0 Å². The van der Waals surface area contributed by atoms with Crippen LogP contribution in [0.1, 0.15) is 22.8 Å². The SMILES string of the molecule is C=CCNS(=O)(=O)c1cccc(C(=O)NCC(=O)Nc2ccccc2CC)c1. The van der Waals surface area contributed by atoms with Crippen LogP contribution in [0, 0.1) is 0 Å². The van der Waals surface area contributed by atoms with E-state index in [0.29, 0.717) is 5.69 Å². The van der Waals surface area contributed by atoms with Gasteiger partial charge in [0.25, 0.3) is 5.91 Å². The smallest absolute Gasteiger partial charge is 0.251 e. The van der Waals surface area contributed by atoms with Crippen molar-refractivity contribution >= 4 is 27.5 Å². The van der Waals surface area contributed by atoms with Crippen molar-refractivity contribution in [3.63, 3.8) is 0 Å². The first kappa shape index (κ1) is 21.3. The van der Waals surface area contributed by atoms with Crippen LogP contribution in [0.4, 0.5) is 5.69 Å². The Labute approximate surface area is 164 Å². The van der Waals surface area contributed by atoms with Gasteiger partial charge in [0, 0.05) is 17.8 Å². The summed E-state index contributed by atoms with van der Waals surface area (Å²) in [7, 11) is -3.74. The second kappa shape index (κ2) is 9.82. The van der Waals surface area contributed by atoms with Gasteiger partial charge in [0.15, 0.2) is 0 Å². The predicted molar refractivity (Wildman–Crippen MR) is 109 cm³/mol. The normalized spacial score (nSPS) is 10.9. The number of sulfonamides is 1. The van der Waals surface area contributed by atoms with E-state index < -0.39 is 15.9 Å². The Balaban J connectivity index is 2.00. The molecule has 7 nitrogen and oxygen atoms in total. The van der Waals surface area contributed by atoms with E-state index in [4.69, 9.17) is 0 Å². The summed E-state index contributed by atoms with van der Waals surface area (Å²) in [5.74, 6) is -0.912. The van der Waals surface area contributed by atoms with Crippen LogP contribution >= 0.6 is 0 Å². The third-order valence-electron chi connectivity index (χ3n) is 3.91. The molecule has 0 aliphatic heterocycles. The van der Waals surface area contributed by atoms with Gasteiger partial charge in [0.1, 0.15) is 0 Å². The summed E-state index contributed by atoms with van der Waals surface area (Å²) in [5, 5.41) is 5.25. The van der Waals surface area contributed by atoms with Crippen molar-refractivity contribution in [2.75, 3.05) is 18.4 Å². The first-order chi connectivity index (χ1) is 13.4. The van der Waals surface area contributed by atoms with Crippen molar-refractivity contribution in [2.45, 2.75) is 18.2 Å². The van der Waals surface area contributed by atoms with E-state index in [1.165, 1.54) is 30.3 Å². The zero-order valence-electron chi connectivity index (χ0n) is 15.6. The molecule has 0 radical (unpaired) electrons. The summed E-state index contributed by atoms with van der Waals surface area (Å²) in [6, 6.07) is 13.0.